The van der Waals surface area contributed by atoms with E-state index in [2.05, 4.69) is 55.1 Å². The monoisotopic (exact) mass is 272 g/mol. The standard InChI is InChI=1S/C16H24N4/c1-12(2)10-20-16(18-11-19-20)8-15(9-17)14-6-4-13(3)5-7-14/h4-7,11-12,15H,8-10,17H2,1-3H3. The number of benzene rings is 1. The molecule has 4 heteroatoms. The number of nitrogens with two attached hydrogens (primary N) is 1. The summed E-state index contributed by atoms with van der Waals surface area (Å²) in [7, 11) is 0. The van der Waals surface area contributed by atoms with E-state index in [0.717, 1.165) is 18.8 Å². The number of nitrogens with zero attached hydrogens (tertiary/aromatic N) is 3. The molecule has 0 bridgehead atoms. The van der Waals surface area contributed by atoms with Gasteiger partial charge in [-0.2, -0.15) is 5.10 Å². The summed E-state index contributed by atoms with van der Waals surface area (Å²) in [6.07, 6.45) is 2.48. The van der Waals surface area contributed by atoms with Crippen LogP contribution >= 0.6 is 0 Å². The zero-order valence-corrected chi connectivity index (χ0v) is 12.6. The third kappa shape index (κ3) is 3.67. The van der Waals surface area contributed by atoms with E-state index < -0.39 is 0 Å². The molecule has 2 aromatic rings. The molecule has 1 aromatic heterocycles. The largest absolute Gasteiger partial charge is 0.330 e. The number of rotatable bonds is 6. The minimum Gasteiger partial charge on any atom is -0.330 e. The molecule has 0 aliphatic rings. The van der Waals surface area contributed by atoms with E-state index in [9.17, 15) is 0 Å². The maximum absolute atomic E-state index is 5.95. The first-order valence-corrected chi connectivity index (χ1v) is 7.23. The van der Waals surface area contributed by atoms with E-state index in [1.807, 2.05) is 4.68 Å². The van der Waals surface area contributed by atoms with Gasteiger partial charge in [0.05, 0.1) is 0 Å². The molecule has 0 saturated heterocycles. The SMILES string of the molecule is Cc1ccc(C(CN)Cc2ncnn2CC(C)C)cc1. The Morgan fingerprint density at radius 1 is 1.20 bits per heavy atom. The summed E-state index contributed by atoms with van der Waals surface area (Å²) in [5.74, 6) is 1.88. The van der Waals surface area contributed by atoms with Gasteiger partial charge >= 0.3 is 0 Å². The van der Waals surface area contributed by atoms with E-state index in [1.165, 1.54) is 11.1 Å². The van der Waals surface area contributed by atoms with Crippen molar-refractivity contribution in [2.45, 2.75) is 39.7 Å². The lowest BCUT2D eigenvalue weighted by Crippen LogP contribution is -2.19. The fraction of sp³-hybridized carbons (Fsp3) is 0.500. The van der Waals surface area contributed by atoms with E-state index >= 15 is 0 Å². The Bertz CT molecular complexity index is 528. The van der Waals surface area contributed by atoms with Crippen molar-refractivity contribution in [1.82, 2.24) is 14.8 Å². The minimum absolute atomic E-state index is 0.297. The number of hydrogen-bond donors (Lipinski definition) is 1. The highest BCUT2D eigenvalue weighted by Gasteiger charge is 2.15. The Balaban J connectivity index is 2.14. The second kappa shape index (κ2) is 6.66. The number of hydrogen-bond acceptors (Lipinski definition) is 3. The molecular weight excluding hydrogens is 248 g/mol. The lowest BCUT2D eigenvalue weighted by molar-refractivity contribution is 0.459. The van der Waals surface area contributed by atoms with Gasteiger partial charge in [-0.15, -0.1) is 0 Å². The Morgan fingerprint density at radius 2 is 1.90 bits per heavy atom. The van der Waals surface area contributed by atoms with Gasteiger partial charge in [0.15, 0.2) is 0 Å². The molecule has 0 spiro atoms. The molecule has 108 valence electrons. The summed E-state index contributed by atoms with van der Waals surface area (Å²) >= 11 is 0. The van der Waals surface area contributed by atoms with Gasteiger partial charge in [0.25, 0.3) is 0 Å². The van der Waals surface area contributed by atoms with Crippen LogP contribution in [0.1, 0.15) is 36.7 Å². The third-order valence-corrected chi connectivity index (χ3v) is 3.50. The van der Waals surface area contributed by atoms with Crippen LogP contribution in [0.25, 0.3) is 0 Å². The van der Waals surface area contributed by atoms with Crippen LogP contribution < -0.4 is 5.73 Å². The average molecular weight is 272 g/mol. The summed E-state index contributed by atoms with van der Waals surface area (Å²) in [5, 5.41) is 4.32. The van der Waals surface area contributed by atoms with Crippen molar-refractivity contribution < 1.29 is 0 Å². The van der Waals surface area contributed by atoms with Gasteiger partial charge in [-0.3, -0.25) is 0 Å². The Morgan fingerprint density at radius 3 is 2.50 bits per heavy atom. The molecule has 0 amide bonds. The van der Waals surface area contributed by atoms with Crippen molar-refractivity contribution >= 4 is 0 Å². The predicted octanol–water partition coefficient (Wildman–Crippen LogP) is 2.53. The van der Waals surface area contributed by atoms with E-state index in [0.29, 0.717) is 18.4 Å². The van der Waals surface area contributed by atoms with Crippen LogP contribution in [-0.2, 0) is 13.0 Å². The molecule has 1 unspecified atom stereocenters. The van der Waals surface area contributed by atoms with Crippen LogP contribution in [0, 0.1) is 12.8 Å². The maximum Gasteiger partial charge on any atom is 0.138 e. The van der Waals surface area contributed by atoms with E-state index in [-0.39, 0.29) is 0 Å². The second-order valence-corrected chi connectivity index (χ2v) is 5.80. The second-order valence-electron chi connectivity index (χ2n) is 5.80. The fourth-order valence-electron chi connectivity index (χ4n) is 2.34. The van der Waals surface area contributed by atoms with Crippen molar-refractivity contribution in [2.24, 2.45) is 11.7 Å². The third-order valence-electron chi connectivity index (χ3n) is 3.50. The quantitative estimate of drug-likeness (QED) is 0.879. The zero-order chi connectivity index (χ0) is 14.5. The van der Waals surface area contributed by atoms with Gasteiger partial charge in [-0.25, -0.2) is 9.67 Å². The molecule has 1 atom stereocenters. The fourth-order valence-corrected chi connectivity index (χ4v) is 2.34. The van der Waals surface area contributed by atoms with Gasteiger partial charge in [0.2, 0.25) is 0 Å². The van der Waals surface area contributed by atoms with E-state index in [4.69, 9.17) is 5.73 Å². The summed E-state index contributed by atoms with van der Waals surface area (Å²) in [5.41, 5.74) is 8.50. The first kappa shape index (κ1) is 14.7. The van der Waals surface area contributed by atoms with E-state index in [1.54, 1.807) is 6.33 Å². The molecular formula is C16H24N4. The van der Waals surface area contributed by atoms with Crippen LogP contribution in [0.3, 0.4) is 0 Å². The van der Waals surface area contributed by atoms with Crippen LogP contribution in [0.5, 0.6) is 0 Å². The molecule has 0 radical (unpaired) electrons. The Hall–Kier alpha value is -1.68. The Kier molecular flexibility index (Phi) is 4.90. The number of aryl methyl sites for hydroxylation is 1. The first-order chi connectivity index (χ1) is 9.60. The first-order valence-electron chi connectivity index (χ1n) is 7.23. The van der Waals surface area contributed by atoms with Crippen molar-refractivity contribution in [3.05, 3.63) is 47.5 Å². The summed E-state index contributed by atoms with van der Waals surface area (Å²) < 4.78 is 2.00. The van der Waals surface area contributed by atoms with Gasteiger partial charge < -0.3 is 5.73 Å². The Labute approximate surface area is 121 Å². The molecule has 0 aliphatic carbocycles. The summed E-state index contributed by atoms with van der Waals surface area (Å²) in [6, 6.07) is 8.60. The zero-order valence-electron chi connectivity index (χ0n) is 12.6. The molecule has 4 nitrogen and oxygen atoms in total. The molecule has 0 aliphatic heterocycles. The van der Waals surface area contributed by atoms with Crippen molar-refractivity contribution in [3.8, 4) is 0 Å². The summed E-state index contributed by atoms with van der Waals surface area (Å²) in [4.78, 5) is 4.40. The lowest BCUT2D eigenvalue weighted by Gasteiger charge is -2.16. The number of aromatic nitrogens is 3. The molecule has 0 fully saturated rings. The molecule has 0 saturated carbocycles. The van der Waals surface area contributed by atoms with Crippen LogP contribution in [0.15, 0.2) is 30.6 Å². The smallest absolute Gasteiger partial charge is 0.138 e. The summed E-state index contributed by atoms with van der Waals surface area (Å²) in [6.45, 7) is 8.00. The van der Waals surface area contributed by atoms with Gasteiger partial charge in [0.1, 0.15) is 12.2 Å². The predicted molar refractivity (Wildman–Crippen MR) is 81.5 cm³/mol. The molecule has 1 heterocycles. The molecule has 2 rings (SSSR count). The van der Waals surface area contributed by atoms with Gasteiger partial charge in [-0.05, 0) is 24.9 Å². The highest BCUT2D eigenvalue weighted by atomic mass is 15.3. The average Bonchev–Trinajstić information content (AvgIpc) is 2.83. The topological polar surface area (TPSA) is 56.7 Å². The van der Waals surface area contributed by atoms with Gasteiger partial charge in [-0.1, -0.05) is 43.7 Å². The lowest BCUT2D eigenvalue weighted by atomic mass is 9.94. The minimum atomic E-state index is 0.297. The molecule has 20 heavy (non-hydrogen) atoms. The van der Waals surface area contributed by atoms with Crippen molar-refractivity contribution in [1.29, 1.82) is 0 Å². The molecule has 2 N–H and O–H groups in total. The highest BCUT2D eigenvalue weighted by Crippen LogP contribution is 2.19. The van der Waals surface area contributed by atoms with Gasteiger partial charge in [0, 0.05) is 18.9 Å². The highest BCUT2D eigenvalue weighted by molar-refractivity contribution is 5.25. The van der Waals surface area contributed by atoms with Crippen LogP contribution in [0.2, 0.25) is 0 Å². The van der Waals surface area contributed by atoms with Crippen molar-refractivity contribution in [3.63, 3.8) is 0 Å². The molecule has 1 aromatic carbocycles. The van der Waals surface area contributed by atoms with Crippen molar-refractivity contribution in [2.75, 3.05) is 6.54 Å². The normalized spacial score (nSPS) is 12.8. The van der Waals surface area contributed by atoms with Crippen LogP contribution in [0.4, 0.5) is 0 Å². The van der Waals surface area contributed by atoms with Crippen LogP contribution in [-0.4, -0.2) is 21.3 Å². The maximum atomic E-state index is 5.95.